The average Bonchev–Trinajstić information content (AvgIpc) is 2.67. The summed E-state index contributed by atoms with van der Waals surface area (Å²) < 4.78 is 30.0. The molecular formula is C12H11F2NOS. The van der Waals surface area contributed by atoms with E-state index in [0.717, 1.165) is 15.6 Å². The number of aryl methyl sites for hydroxylation is 1. The first-order chi connectivity index (χ1) is 8.08. The summed E-state index contributed by atoms with van der Waals surface area (Å²) in [6.45, 7) is 1.84. The molecule has 1 aromatic carbocycles. The Bertz CT molecular complexity index is 525. The summed E-state index contributed by atoms with van der Waals surface area (Å²) in [5, 5.41) is 0. The summed E-state index contributed by atoms with van der Waals surface area (Å²) in [5.41, 5.74) is 6.04. The number of alkyl halides is 2. The van der Waals surface area contributed by atoms with Crippen molar-refractivity contribution in [3.63, 3.8) is 0 Å². The Kier molecular flexibility index (Phi) is 3.38. The van der Waals surface area contributed by atoms with Crippen LogP contribution in [0.15, 0.2) is 44.7 Å². The number of hydrogen-bond donors (Lipinski definition) is 1. The average molecular weight is 255 g/mol. The Morgan fingerprint density at radius 2 is 2.00 bits per heavy atom. The Morgan fingerprint density at radius 1 is 1.24 bits per heavy atom. The standard InChI is InChI=1S/C12H11F2NOS/c1-7-10(4-5-16-7)17-11-3-2-8(12(13)14)6-9(11)15/h2-6,12H,15H2,1H3. The van der Waals surface area contributed by atoms with Gasteiger partial charge in [-0.3, -0.25) is 0 Å². The molecule has 0 radical (unpaired) electrons. The Balaban J connectivity index is 2.26. The van der Waals surface area contributed by atoms with Crippen molar-refractivity contribution in [3.8, 4) is 0 Å². The number of hydrogen-bond acceptors (Lipinski definition) is 3. The van der Waals surface area contributed by atoms with E-state index in [4.69, 9.17) is 10.2 Å². The lowest BCUT2D eigenvalue weighted by Crippen LogP contribution is -1.92. The first-order valence-electron chi connectivity index (χ1n) is 4.97. The quantitative estimate of drug-likeness (QED) is 0.833. The van der Waals surface area contributed by atoms with Gasteiger partial charge in [0.05, 0.1) is 11.2 Å². The van der Waals surface area contributed by atoms with Crippen molar-refractivity contribution >= 4 is 17.4 Å². The van der Waals surface area contributed by atoms with Gasteiger partial charge in [0.15, 0.2) is 0 Å². The maximum Gasteiger partial charge on any atom is 0.263 e. The topological polar surface area (TPSA) is 39.2 Å². The van der Waals surface area contributed by atoms with Gasteiger partial charge >= 0.3 is 0 Å². The molecule has 0 amide bonds. The molecule has 0 spiro atoms. The number of halogens is 2. The van der Waals surface area contributed by atoms with Crippen molar-refractivity contribution in [3.05, 3.63) is 41.9 Å². The molecule has 2 rings (SSSR count). The predicted octanol–water partition coefficient (Wildman–Crippen LogP) is 4.26. The molecule has 0 atom stereocenters. The lowest BCUT2D eigenvalue weighted by molar-refractivity contribution is 0.151. The summed E-state index contributed by atoms with van der Waals surface area (Å²) in [5.74, 6) is 0.785. The van der Waals surface area contributed by atoms with Crippen LogP contribution in [0.2, 0.25) is 0 Å². The zero-order chi connectivity index (χ0) is 12.4. The molecule has 5 heteroatoms. The maximum atomic E-state index is 12.4. The Hall–Kier alpha value is -1.49. The number of furan rings is 1. The van der Waals surface area contributed by atoms with E-state index in [9.17, 15) is 8.78 Å². The van der Waals surface area contributed by atoms with Gasteiger partial charge in [-0.25, -0.2) is 8.78 Å². The third-order valence-electron chi connectivity index (χ3n) is 2.32. The van der Waals surface area contributed by atoms with Gasteiger partial charge in [0, 0.05) is 16.1 Å². The highest BCUT2D eigenvalue weighted by Crippen LogP contribution is 2.36. The van der Waals surface area contributed by atoms with Gasteiger partial charge in [0.1, 0.15) is 5.76 Å². The fourth-order valence-electron chi connectivity index (χ4n) is 1.39. The van der Waals surface area contributed by atoms with Gasteiger partial charge in [0.25, 0.3) is 6.43 Å². The van der Waals surface area contributed by atoms with Gasteiger partial charge in [-0.1, -0.05) is 17.8 Å². The second-order valence-electron chi connectivity index (χ2n) is 3.54. The van der Waals surface area contributed by atoms with Crippen molar-refractivity contribution in [2.75, 3.05) is 5.73 Å². The minimum absolute atomic E-state index is 0.0595. The molecule has 90 valence electrons. The van der Waals surface area contributed by atoms with Crippen LogP contribution >= 0.6 is 11.8 Å². The van der Waals surface area contributed by atoms with E-state index in [1.165, 1.54) is 23.9 Å². The summed E-state index contributed by atoms with van der Waals surface area (Å²) in [6, 6.07) is 6.12. The predicted molar refractivity (Wildman–Crippen MR) is 63.4 cm³/mol. The summed E-state index contributed by atoms with van der Waals surface area (Å²) >= 11 is 1.40. The summed E-state index contributed by atoms with van der Waals surface area (Å²) in [4.78, 5) is 1.68. The molecule has 0 unspecified atom stereocenters. The highest BCUT2D eigenvalue weighted by atomic mass is 32.2. The molecule has 2 aromatic rings. The van der Waals surface area contributed by atoms with E-state index in [2.05, 4.69) is 0 Å². The van der Waals surface area contributed by atoms with Gasteiger partial charge in [0.2, 0.25) is 0 Å². The number of nitrogen functional groups attached to an aromatic ring is 1. The highest BCUT2D eigenvalue weighted by Gasteiger charge is 2.11. The van der Waals surface area contributed by atoms with E-state index in [0.29, 0.717) is 5.69 Å². The molecule has 1 heterocycles. The molecule has 2 N–H and O–H groups in total. The van der Waals surface area contributed by atoms with E-state index in [1.807, 2.05) is 13.0 Å². The largest absolute Gasteiger partial charge is 0.468 e. The molecule has 0 aliphatic rings. The third kappa shape index (κ3) is 2.61. The fourth-order valence-corrected chi connectivity index (χ4v) is 2.26. The Labute approximate surface area is 102 Å². The van der Waals surface area contributed by atoms with Crippen molar-refractivity contribution in [2.24, 2.45) is 0 Å². The van der Waals surface area contributed by atoms with E-state index >= 15 is 0 Å². The third-order valence-corrected chi connectivity index (χ3v) is 3.55. The van der Waals surface area contributed by atoms with E-state index < -0.39 is 6.43 Å². The molecule has 0 bridgehead atoms. The van der Waals surface area contributed by atoms with Crippen molar-refractivity contribution in [1.82, 2.24) is 0 Å². The SMILES string of the molecule is Cc1occc1Sc1ccc(C(F)F)cc1N. The summed E-state index contributed by atoms with van der Waals surface area (Å²) in [7, 11) is 0. The normalized spacial score (nSPS) is 11.1. The molecular weight excluding hydrogens is 244 g/mol. The molecule has 0 aliphatic carbocycles. The van der Waals surface area contributed by atoms with Crippen LogP contribution in [-0.4, -0.2) is 0 Å². The van der Waals surface area contributed by atoms with Crippen LogP contribution in [-0.2, 0) is 0 Å². The van der Waals surface area contributed by atoms with Crippen LogP contribution < -0.4 is 5.73 Å². The van der Waals surface area contributed by atoms with Crippen molar-refractivity contribution < 1.29 is 13.2 Å². The highest BCUT2D eigenvalue weighted by molar-refractivity contribution is 7.99. The minimum Gasteiger partial charge on any atom is -0.468 e. The number of benzene rings is 1. The van der Waals surface area contributed by atoms with Crippen LogP contribution in [0.1, 0.15) is 17.7 Å². The zero-order valence-corrected chi connectivity index (χ0v) is 9.93. The lowest BCUT2D eigenvalue weighted by Gasteiger charge is -2.07. The second-order valence-corrected chi connectivity index (χ2v) is 4.62. The first kappa shape index (κ1) is 12.0. The zero-order valence-electron chi connectivity index (χ0n) is 9.11. The molecule has 0 saturated carbocycles. The van der Waals surface area contributed by atoms with Gasteiger partial charge in [-0.2, -0.15) is 0 Å². The smallest absolute Gasteiger partial charge is 0.263 e. The first-order valence-corrected chi connectivity index (χ1v) is 5.79. The van der Waals surface area contributed by atoms with Crippen molar-refractivity contribution in [2.45, 2.75) is 23.1 Å². The summed E-state index contributed by atoms with van der Waals surface area (Å²) in [6.07, 6.45) is -0.909. The van der Waals surface area contributed by atoms with E-state index in [-0.39, 0.29) is 5.56 Å². The van der Waals surface area contributed by atoms with Gasteiger partial charge in [-0.15, -0.1) is 0 Å². The fraction of sp³-hybridized carbons (Fsp3) is 0.167. The number of nitrogens with two attached hydrogens (primary N) is 1. The van der Waals surface area contributed by atoms with Gasteiger partial charge in [-0.05, 0) is 25.1 Å². The number of rotatable bonds is 3. The number of anilines is 1. The van der Waals surface area contributed by atoms with Crippen LogP contribution in [0.25, 0.3) is 0 Å². The Morgan fingerprint density at radius 3 is 2.53 bits per heavy atom. The van der Waals surface area contributed by atoms with Crippen molar-refractivity contribution in [1.29, 1.82) is 0 Å². The molecule has 1 aromatic heterocycles. The van der Waals surface area contributed by atoms with Crippen LogP contribution in [0.5, 0.6) is 0 Å². The second kappa shape index (κ2) is 4.79. The maximum absolute atomic E-state index is 12.4. The van der Waals surface area contributed by atoms with Gasteiger partial charge < -0.3 is 10.2 Å². The minimum atomic E-state index is -2.49. The monoisotopic (exact) mass is 255 g/mol. The lowest BCUT2D eigenvalue weighted by atomic mass is 10.2. The molecule has 0 fully saturated rings. The van der Waals surface area contributed by atoms with E-state index in [1.54, 1.807) is 12.3 Å². The molecule has 17 heavy (non-hydrogen) atoms. The molecule has 0 aliphatic heterocycles. The van der Waals surface area contributed by atoms with Crippen LogP contribution in [0.4, 0.5) is 14.5 Å². The molecule has 0 saturated heterocycles. The van der Waals surface area contributed by atoms with Crippen LogP contribution in [0, 0.1) is 6.92 Å². The molecule has 2 nitrogen and oxygen atoms in total. The van der Waals surface area contributed by atoms with Crippen LogP contribution in [0.3, 0.4) is 0 Å².